The summed E-state index contributed by atoms with van der Waals surface area (Å²) in [4.78, 5) is 11.0. The molecule has 0 radical (unpaired) electrons. The van der Waals surface area contributed by atoms with Gasteiger partial charge in [0, 0.05) is 0 Å². The maximum Gasteiger partial charge on any atom is 0.337 e. The molecule has 0 aliphatic rings. The van der Waals surface area contributed by atoms with E-state index in [1.165, 1.54) is 12.1 Å². The molecule has 2 aromatic rings. The summed E-state index contributed by atoms with van der Waals surface area (Å²) >= 11 is 5.82. The van der Waals surface area contributed by atoms with Gasteiger partial charge in [-0.25, -0.2) is 4.79 Å². The Kier molecular flexibility index (Phi) is 6.63. The maximum atomic E-state index is 11.0. The van der Waals surface area contributed by atoms with Crippen molar-refractivity contribution < 1.29 is 14.6 Å². The Morgan fingerprint density at radius 1 is 1.29 bits per heavy atom. The van der Waals surface area contributed by atoms with Crippen molar-refractivity contribution in [1.82, 2.24) is 0 Å². The molecular weight excluding hydrogens is 328 g/mol. The number of halogens is 1. The van der Waals surface area contributed by atoms with Crippen LogP contribution in [0.2, 0.25) is 5.02 Å². The number of unbranched alkanes of at least 4 members (excludes halogenated alkanes) is 1. The van der Waals surface area contributed by atoms with Crippen molar-refractivity contribution in [3.63, 3.8) is 0 Å². The largest absolute Gasteiger partial charge is 0.494 e. The van der Waals surface area contributed by atoms with Crippen LogP contribution in [0.3, 0.4) is 0 Å². The van der Waals surface area contributed by atoms with Gasteiger partial charge in [-0.3, -0.25) is 5.43 Å². The minimum Gasteiger partial charge on any atom is -0.494 e. The molecule has 2 aromatic carbocycles. The van der Waals surface area contributed by atoms with Crippen LogP contribution in [0.15, 0.2) is 47.6 Å². The van der Waals surface area contributed by atoms with Gasteiger partial charge < -0.3 is 9.84 Å². The van der Waals surface area contributed by atoms with E-state index in [4.69, 9.17) is 21.4 Å². The highest BCUT2D eigenvalue weighted by atomic mass is 35.5. The monoisotopic (exact) mass is 346 g/mol. The van der Waals surface area contributed by atoms with Gasteiger partial charge in [-0.15, -0.1) is 0 Å². The van der Waals surface area contributed by atoms with E-state index in [1.54, 1.807) is 12.3 Å². The number of anilines is 1. The molecule has 0 heterocycles. The molecule has 0 unspecified atom stereocenters. The molecule has 0 saturated heterocycles. The lowest BCUT2D eigenvalue weighted by molar-refractivity contribution is 0.0697. The number of benzene rings is 2. The van der Waals surface area contributed by atoms with E-state index in [-0.39, 0.29) is 10.6 Å². The van der Waals surface area contributed by atoms with Gasteiger partial charge in [0.1, 0.15) is 5.75 Å². The average Bonchev–Trinajstić information content (AvgIpc) is 2.58. The van der Waals surface area contributed by atoms with Crippen LogP contribution in [0.5, 0.6) is 5.75 Å². The highest BCUT2D eigenvalue weighted by Gasteiger charge is 2.08. The normalized spacial score (nSPS) is 10.8. The number of nitrogens with zero attached hydrogens (tertiary/aromatic N) is 1. The molecule has 0 fully saturated rings. The number of carboxylic acid groups (broad SMARTS) is 1. The smallest absolute Gasteiger partial charge is 0.337 e. The third-order valence-electron chi connectivity index (χ3n) is 3.25. The lowest BCUT2D eigenvalue weighted by Crippen LogP contribution is -1.99. The van der Waals surface area contributed by atoms with Crippen molar-refractivity contribution in [2.45, 2.75) is 19.8 Å². The van der Waals surface area contributed by atoms with Crippen LogP contribution in [0, 0.1) is 0 Å². The molecule has 0 aliphatic heterocycles. The number of rotatable bonds is 8. The topological polar surface area (TPSA) is 70.9 Å². The summed E-state index contributed by atoms with van der Waals surface area (Å²) in [6.45, 7) is 2.84. The molecule has 0 atom stereocenters. The molecular formula is C18H19ClN2O3. The number of aromatic carboxylic acids is 1. The van der Waals surface area contributed by atoms with Crippen molar-refractivity contribution in [3.8, 4) is 5.75 Å². The lowest BCUT2D eigenvalue weighted by atomic mass is 10.2. The van der Waals surface area contributed by atoms with Crippen molar-refractivity contribution in [1.29, 1.82) is 0 Å². The molecule has 2 N–H and O–H groups in total. The summed E-state index contributed by atoms with van der Waals surface area (Å²) in [5.74, 6) is -0.247. The van der Waals surface area contributed by atoms with Crippen molar-refractivity contribution in [2.24, 2.45) is 5.10 Å². The van der Waals surface area contributed by atoms with E-state index >= 15 is 0 Å². The zero-order chi connectivity index (χ0) is 17.4. The second kappa shape index (κ2) is 8.93. The van der Waals surface area contributed by atoms with E-state index in [0.717, 1.165) is 24.2 Å². The zero-order valence-electron chi connectivity index (χ0n) is 13.3. The molecule has 24 heavy (non-hydrogen) atoms. The second-order valence-corrected chi connectivity index (χ2v) is 5.55. The average molecular weight is 347 g/mol. The number of ether oxygens (including phenoxy) is 1. The first kappa shape index (κ1) is 17.8. The van der Waals surface area contributed by atoms with E-state index < -0.39 is 5.97 Å². The third kappa shape index (κ3) is 5.28. The Bertz CT molecular complexity index is 715. The van der Waals surface area contributed by atoms with Gasteiger partial charge in [-0.2, -0.15) is 5.10 Å². The first-order chi connectivity index (χ1) is 11.6. The maximum absolute atomic E-state index is 11.0. The quantitative estimate of drug-likeness (QED) is 0.414. The number of hydrazone groups is 1. The first-order valence-corrected chi connectivity index (χ1v) is 8.02. The van der Waals surface area contributed by atoms with Gasteiger partial charge in [0.05, 0.1) is 29.1 Å². The number of carboxylic acids is 1. The third-order valence-corrected chi connectivity index (χ3v) is 3.58. The Morgan fingerprint density at radius 3 is 2.71 bits per heavy atom. The van der Waals surface area contributed by atoms with E-state index in [9.17, 15) is 4.79 Å². The SMILES string of the molecule is CCCCOc1ccc(/C=N/Nc2ccc(Cl)c(C(=O)O)c2)cc1. The fraction of sp³-hybridized carbons (Fsp3) is 0.222. The van der Waals surface area contributed by atoms with Gasteiger partial charge in [-0.05, 0) is 54.4 Å². The van der Waals surface area contributed by atoms with Crippen molar-refractivity contribution in [2.75, 3.05) is 12.0 Å². The van der Waals surface area contributed by atoms with Crippen LogP contribution in [-0.4, -0.2) is 23.9 Å². The van der Waals surface area contributed by atoms with Crippen LogP contribution in [0.1, 0.15) is 35.7 Å². The summed E-state index contributed by atoms with van der Waals surface area (Å²) in [5.41, 5.74) is 4.27. The Labute approximate surface area is 145 Å². The summed E-state index contributed by atoms with van der Waals surface area (Å²) < 4.78 is 5.59. The molecule has 0 aliphatic carbocycles. The van der Waals surface area contributed by atoms with Gasteiger partial charge in [0.25, 0.3) is 0 Å². The first-order valence-electron chi connectivity index (χ1n) is 7.65. The zero-order valence-corrected chi connectivity index (χ0v) is 14.1. The second-order valence-electron chi connectivity index (χ2n) is 5.14. The summed E-state index contributed by atoms with van der Waals surface area (Å²) in [7, 11) is 0. The van der Waals surface area contributed by atoms with E-state index in [2.05, 4.69) is 17.5 Å². The number of carbonyl (C=O) groups is 1. The number of hydrogen-bond acceptors (Lipinski definition) is 4. The minimum atomic E-state index is -1.08. The molecule has 126 valence electrons. The molecule has 0 saturated carbocycles. The summed E-state index contributed by atoms with van der Waals surface area (Å²) in [5, 5.41) is 13.3. The molecule has 6 heteroatoms. The van der Waals surface area contributed by atoms with Gasteiger partial charge in [0.15, 0.2) is 0 Å². The fourth-order valence-corrected chi connectivity index (χ4v) is 2.12. The van der Waals surface area contributed by atoms with Gasteiger partial charge in [-0.1, -0.05) is 24.9 Å². The van der Waals surface area contributed by atoms with E-state index in [0.29, 0.717) is 12.3 Å². The predicted molar refractivity (Wildman–Crippen MR) is 96.5 cm³/mol. The Balaban J connectivity index is 1.94. The summed E-state index contributed by atoms with van der Waals surface area (Å²) in [6.07, 6.45) is 3.78. The fourth-order valence-electron chi connectivity index (χ4n) is 1.92. The minimum absolute atomic E-state index is 0.0328. The highest BCUT2D eigenvalue weighted by Crippen LogP contribution is 2.20. The van der Waals surface area contributed by atoms with Crippen LogP contribution in [0.4, 0.5) is 5.69 Å². The predicted octanol–water partition coefficient (Wildman–Crippen LogP) is 4.66. The Hall–Kier alpha value is -2.53. The van der Waals surface area contributed by atoms with Gasteiger partial charge in [0.2, 0.25) is 0 Å². The standard InChI is InChI=1S/C18H19ClN2O3/c1-2-3-10-24-15-7-4-13(5-8-15)12-20-21-14-6-9-17(19)16(11-14)18(22)23/h4-9,11-12,21H,2-3,10H2,1H3,(H,22,23)/b20-12+. The van der Waals surface area contributed by atoms with E-state index in [1.807, 2.05) is 24.3 Å². The molecule has 0 bridgehead atoms. The molecule has 0 aromatic heterocycles. The van der Waals surface area contributed by atoms with Crippen LogP contribution in [-0.2, 0) is 0 Å². The van der Waals surface area contributed by atoms with Crippen LogP contribution in [0.25, 0.3) is 0 Å². The van der Waals surface area contributed by atoms with Crippen molar-refractivity contribution >= 4 is 29.5 Å². The molecule has 0 spiro atoms. The highest BCUT2D eigenvalue weighted by molar-refractivity contribution is 6.33. The van der Waals surface area contributed by atoms with Crippen LogP contribution >= 0.6 is 11.6 Å². The van der Waals surface area contributed by atoms with Crippen molar-refractivity contribution in [3.05, 3.63) is 58.6 Å². The summed E-state index contributed by atoms with van der Waals surface area (Å²) in [6, 6.07) is 12.2. The molecule has 5 nitrogen and oxygen atoms in total. The molecule has 2 rings (SSSR count). The van der Waals surface area contributed by atoms with Gasteiger partial charge >= 0.3 is 5.97 Å². The number of hydrogen-bond donors (Lipinski definition) is 2. The van der Waals surface area contributed by atoms with Crippen LogP contribution < -0.4 is 10.2 Å². The molecule has 0 amide bonds. The Morgan fingerprint density at radius 2 is 2.04 bits per heavy atom. The number of nitrogens with one attached hydrogen (secondary N) is 1. The lowest BCUT2D eigenvalue weighted by Gasteiger charge is -2.05.